The molecule has 1 aromatic carbocycles. The lowest BCUT2D eigenvalue weighted by Crippen LogP contribution is -2.13. The largest absolute Gasteiger partial charge is 0.494 e. The molecule has 112 valence electrons. The van der Waals surface area contributed by atoms with E-state index in [0.717, 1.165) is 12.3 Å². The second-order valence-electron chi connectivity index (χ2n) is 4.38. The molecule has 0 bridgehead atoms. The van der Waals surface area contributed by atoms with Crippen LogP contribution in [0.3, 0.4) is 0 Å². The molecule has 0 aliphatic carbocycles. The van der Waals surface area contributed by atoms with Crippen LogP contribution in [0.25, 0.3) is 0 Å². The fourth-order valence-electron chi connectivity index (χ4n) is 1.81. The van der Waals surface area contributed by atoms with Crippen LogP contribution < -0.4 is 14.8 Å². The second kappa shape index (κ2) is 7.59. The summed E-state index contributed by atoms with van der Waals surface area (Å²) in [6, 6.07) is 8.65. The van der Waals surface area contributed by atoms with Crippen molar-refractivity contribution in [3.8, 4) is 17.4 Å². The summed E-state index contributed by atoms with van der Waals surface area (Å²) in [4.78, 5) is 3.94. The Bertz CT molecular complexity index is 573. The number of rotatable bonds is 7. The van der Waals surface area contributed by atoms with Crippen LogP contribution in [0.2, 0.25) is 0 Å². The highest BCUT2D eigenvalue weighted by atomic mass is 19.1. The lowest BCUT2D eigenvalue weighted by molar-refractivity contribution is 0.339. The summed E-state index contributed by atoms with van der Waals surface area (Å²) in [7, 11) is 0. The molecule has 1 aromatic heterocycles. The lowest BCUT2D eigenvalue weighted by Gasteiger charge is -2.10. The lowest BCUT2D eigenvalue weighted by atomic mass is 10.2. The van der Waals surface area contributed by atoms with Gasteiger partial charge in [-0.25, -0.2) is 9.37 Å². The van der Waals surface area contributed by atoms with Crippen molar-refractivity contribution in [3.63, 3.8) is 0 Å². The number of nitrogens with one attached hydrogen (secondary N) is 1. The van der Waals surface area contributed by atoms with E-state index in [1.54, 1.807) is 36.5 Å². The predicted octanol–water partition coefficient (Wildman–Crippen LogP) is 3.52. The third-order valence-corrected chi connectivity index (χ3v) is 2.85. The third kappa shape index (κ3) is 4.16. The van der Waals surface area contributed by atoms with Gasteiger partial charge in [-0.1, -0.05) is 6.92 Å². The highest BCUT2D eigenvalue weighted by molar-refractivity contribution is 5.34. The molecule has 0 saturated carbocycles. The zero-order chi connectivity index (χ0) is 15.1. The van der Waals surface area contributed by atoms with E-state index in [9.17, 15) is 4.39 Å². The van der Waals surface area contributed by atoms with Gasteiger partial charge in [-0.3, -0.25) is 0 Å². The number of nitrogens with zero attached hydrogens (tertiary/aromatic N) is 1. The van der Waals surface area contributed by atoms with E-state index in [0.29, 0.717) is 24.5 Å². The van der Waals surface area contributed by atoms with Gasteiger partial charge in [-0.2, -0.15) is 0 Å². The van der Waals surface area contributed by atoms with E-state index >= 15 is 0 Å². The van der Waals surface area contributed by atoms with Gasteiger partial charge in [0.25, 0.3) is 5.88 Å². The van der Waals surface area contributed by atoms with Crippen molar-refractivity contribution in [1.29, 1.82) is 0 Å². The minimum absolute atomic E-state index is 0.0189. The van der Waals surface area contributed by atoms with Crippen molar-refractivity contribution in [2.45, 2.75) is 20.4 Å². The number of hydrogen-bond donors (Lipinski definition) is 1. The van der Waals surface area contributed by atoms with Crippen molar-refractivity contribution in [1.82, 2.24) is 10.3 Å². The first-order valence-electron chi connectivity index (χ1n) is 6.99. The van der Waals surface area contributed by atoms with Gasteiger partial charge in [0.1, 0.15) is 11.5 Å². The normalized spacial score (nSPS) is 10.4. The molecule has 0 saturated heterocycles. The van der Waals surface area contributed by atoms with E-state index in [1.165, 1.54) is 0 Å². The van der Waals surface area contributed by atoms with Gasteiger partial charge in [0.05, 0.1) is 6.61 Å². The maximum absolute atomic E-state index is 14.2. The molecule has 2 rings (SSSR count). The van der Waals surface area contributed by atoms with Gasteiger partial charge in [-0.05, 0) is 43.8 Å². The van der Waals surface area contributed by atoms with Crippen molar-refractivity contribution in [2.24, 2.45) is 0 Å². The molecule has 4 nitrogen and oxygen atoms in total. The zero-order valence-corrected chi connectivity index (χ0v) is 12.2. The van der Waals surface area contributed by atoms with Gasteiger partial charge in [0.2, 0.25) is 0 Å². The Morgan fingerprint density at radius 3 is 2.48 bits per heavy atom. The standard InChI is InChI=1S/C16H19FN2O2/c1-3-18-11-12-9-10-19-16(15(12)17)21-14-7-5-13(6-8-14)20-4-2/h5-10,18H,3-4,11H2,1-2H3. The van der Waals surface area contributed by atoms with E-state index in [1.807, 2.05) is 13.8 Å². The van der Waals surface area contributed by atoms with Gasteiger partial charge >= 0.3 is 0 Å². The maximum Gasteiger partial charge on any atom is 0.256 e. The van der Waals surface area contributed by atoms with E-state index < -0.39 is 5.82 Å². The maximum atomic E-state index is 14.2. The first kappa shape index (κ1) is 15.3. The van der Waals surface area contributed by atoms with E-state index in [2.05, 4.69) is 10.3 Å². The Hall–Kier alpha value is -2.14. The number of hydrogen-bond acceptors (Lipinski definition) is 4. The Labute approximate surface area is 123 Å². The number of halogens is 1. The van der Waals surface area contributed by atoms with Crippen molar-refractivity contribution >= 4 is 0 Å². The summed E-state index contributed by atoms with van der Waals surface area (Å²) in [6.45, 7) is 5.71. The molecule has 0 spiro atoms. The number of ether oxygens (including phenoxy) is 2. The van der Waals surface area contributed by atoms with Gasteiger partial charge in [0.15, 0.2) is 5.82 Å². The molecule has 0 atom stereocenters. The average molecular weight is 290 g/mol. The molecule has 2 aromatic rings. The molecule has 0 amide bonds. The fraction of sp³-hybridized carbons (Fsp3) is 0.312. The summed E-state index contributed by atoms with van der Waals surface area (Å²) >= 11 is 0. The Balaban J connectivity index is 2.11. The summed E-state index contributed by atoms with van der Waals surface area (Å²) in [5.74, 6) is 0.812. The van der Waals surface area contributed by atoms with Gasteiger partial charge in [0, 0.05) is 18.3 Å². The van der Waals surface area contributed by atoms with E-state index in [-0.39, 0.29) is 5.88 Å². The molecular weight excluding hydrogens is 271 g/mol. The highest BCUT2D eigenvalue weighted by Crippen LogP contribution is 2.25. The topological polar surface area (TPSA) is 43.4 Å². The summed E-state index contributed by atoms with van der Waals surface area (Å²) < 4.78 is 25.1. The van der Waals surface area contributed by atoms with Crippen molar-refractivity contribution in [3.05, 3.63) is 47.9 Å². The monoisotopic (exact) mass is 290 g/mol. The molecule has 21 heavy (non-hydrogen) atoms. The van der Waals surface area contributed by atoms with Crippen LogP contribution in [-0.4, -0.2) is 18.1 Å². The van der Waals surface area contributed by atoms with Crippen molar-refractivity contribution < 1.29 is 13.9 Å². The molecule has 0 radical (unpaired) electrons. The summed E-state index contributed by atoms with van der Waals surface area (Å²) in [5.41, 5.74) is 0.535. The SMILES string of the molecule is CCNCc1ccnc(Oc2ccc(OCC)cc2)c1F. The number of aromatic nitrogens is 1. The van der Waals surface area contributed by atoms with Gasteiger partial charge in [-0.15, -0.1) is 0 Å². The predicted molar refractivity (Wildman–Crippen MR) is 79.3 cm³/mol. The molecule has 0 fully saturated rings. The fourth-order valence-corrected chi connectivity index (χ4v) is 1.81. The Morgan fingerprint density at radius 1 is 1.10 bits per heavy atom. The Morgan fingerprint density at radius 2 is 1.81 bits per heavy atom. The highest BCUT2D eigenvalue weighted by Gasteiger charge is 2.11. The Kier molecular flexibility index (Phi) is 5.51. The average Bonchev–Trinajstić information content (AvgIpc) is 2.50. The molecule has 0 unspecified atom stereocenters. The molecule has 5 heteroatoms. The minimum atomic E-state index is -0.438. The summed E-state index contributed by atoms with van der Waals surface area (Å²) in [5, 5.41) is 3.08. The first-order valence-corrected chi connectivity index (χ1v) is 6.99. The third-order valence-electron chi connectivity index (χ3n) is 2.85. The van der Waals surface area contributed by atoms with Crippen LogP contribution in [-0.2, 0) is 6.54 Å². The van der Waals surface area contributed by atoms with Crippen LogP contribution in [0.1, 0.15) is 19.4 Å². The molecule has 0 aliphatic heterocycles. The van der Waals surface area contributed by atoms with Crippen molar-refractivity contribution in [2.75, 3.05) is 13.2 Å². The molecule has 1 N–H and O–H groups in total. The molecule has 0 aliphatic rings. The van der Waals surface area contributed by atoms with Crippen LogP contribution in [0.15, 0.2) is 36.5 Å². The quantitative estimate of drug-likeness (QED) is 0.847. The summed E-state index contributed by atoms with van der Waals surface area (Å²) in [6.07, 6.45) is 1.54. The van der Waals surface area contributed by atoms with E-state index in [4.69, 9.17) is 9.47 Å². The smallest absolute Gasteiger partial charge is 0.256 e. The number of benzene rings is 1. The zero-order valence-electron chi connectivity index (χ0n) is 12.2. The van der Waals surface area contributed by atoms with Crippen LogP contribution in [0, 0.1) is 5.82 Å². The first-order chi connectivity index (χ1) is 10.2. The van der Waals surface area contributed by atoms with Crippen LogP contribution in [0.5, 0.6) is 17.4 Å². The number of pyridine rings is 1. The second-order valence-corrected chi connectivity index (χ2v) is 4.38. The molecule has 1 heterocycles. The van der Waals surface area contributed by atoms with Crippen LogP contribution in [0.4, 0.5) is 4.39 Å². The minimum Gasteiger partial charge on any atom is -0.494 e. The van der Waals surface area contributed by atoms with Crippen LogP contribution >= 0.6 is 0 Å². The molecular formula is C16H19FN2O2. The van der Waals surface area contributed by atoms with Gasteiger partial charge < -0.3 is 14.8 Å².